The van der Waals surface area contributed by atoms with E-state index in [4.69, 9.17) is 8.63 Å². The van der Waals surface area contributed by atoms with Crippen molar-refractivity contribution in [1.82, 2.24) is 0 Å². The number of fused-ring (bicyclic) bond motifs is 1. The zero-order chi connectivity index (χ0) is 24.6. The Bertz CT molecular complexity index is 1370. The lowest BCUT2D eigenvalue weighted by Crippen LogP contribution is -2.66. The zero-order valence-electron chi connectivity index (χ0n) is 19.3. The fraction of sp³-hybridized carbons (Fsp3) is 0.192. The molecular formula is C26H27O6PSi. The summed E-state index contributed by atoms with van der Waals surface area (Å²) >= 11 is 0. The predicted octanol–water partition coefficient (Wildman–Crippen LogP) is 4.76. The Hall–Kier alpha value is -2.96. The van der Waals surface area contributed by atoms with Crippen molar-refractivity contribution in [3.63, 3.8) is 0 Å². The van der Waals surface area contributed by atoms with Gasteiger partial charge in [0.2, 0.25) is 0 Å². The summed E-state index contributed by atoms with van der Waals surface area (Å²) in [6, 6.07) is 24.7. The molecule has 0 aliphatic carbocycles. The highest BCUT2D eigenvalue weighted by Gasteiger charge is 2.53. The van der Waals surface area contributed by atoms with Gasteiger partial charge in [-0.25, -0.2) is 4.79 Å². The molecule has 0 bridgehead atoms. The van der Waals surface area contributed by atoms with Crippen LogP contribution in [0.3, 0.4) is 0 Å². The summed E-state index contributed by atoms with van der Waals surface area (Å²) in [5.74, 6) is -0.0662. The molecule has 2 N–H and O–H groups in total. The molecule has 1 unspecified atom stereocenters. The van der Waals surface area contributed by atoms with Crippen LogP contribution in [0, 0.1) is 0 Å². The topological polar surface area (TPSA) is 97.0 Å². The van der Waals surface area contributed by atoms with E-state index in [0.29, 0.717) is 10.9 Å². The molecule has 0 fully saturated rings. The van der Waals surface area contributed by atoms with Crippen LogP contribution in [0.2, 0.25) is 5.04 Å². The third-order valence-electron chi connectivity index (χ3n) is 5.88. The van der Waals surface area contributed by atoms with E-state index >= 15 is 0 Å². The van der Waals surface area contributed by atoms with Gasteiger partial charge in [0.25, 0.3) is 8.32 Å². The van der Waals surface area contributed by atoms with Gasteiger partial charge in [-0.1, -0.05) is 81.4 Å². The van der Waals surface area contributed by atoms with E-state index < -0.39 is 26.6 Å². The van der Waals surface area contributed by atoms with E-state index in [1.165, 1.54) is 18.2 Å². The Morgan fingerprint density at radius 1 is 0.912 bits per heavy atom. The smallest absolute Gasteiger partial charge is 0.336 e. The molecule has 8 heteroatoms. The first kappa shape index (κ1) is 24.2. The van der Waals surface area contributed by atoms with Crippen LogP contribution in [0.25, 0.3) is 11.0 Å². The Kier molecular flexibility index (Phi) is 6.40. The second-order valence-electron chi connectivity index (χ2n) is 9.32. The summed E-state index contributed by atoms with van der Waals surface area (Å²) in [5, 5.41) is 11.5. The van der Waals surface area contributed by atoms with Gasteiger partial charge in [-0.15, -0.1) is 0 Å². The highest BCUT2D eigenvalue weighted by Crippen LogP contribution is 2.53. The molecule has 1 aromatic heterocycles. The summed E-state index contributed by atoms with van der Waals surface area (Å²) < 4.78 is 25.4. The van der Waals surface area contributed by atoms with Gasteiger partial charge in [0, 0.05) is 17.5 Å². The van der Waals surface area contributed by atoms with Crippen LogP contribution >= 0.6 is 7.60 Å². The van der Waals surface area contributed by atoms with Crippen LogP contribution in [0.1, 0.15) is 26.3 Å². The molecule has 0 aliphatic rings. The van der Waals surface area contributed by atoms with Crippen molar-refractivity contribution >= 4 is 37.3 Å². The minimum atomic E-state index is -4.28. The average Bonchev–Trinajstić information content (AvgIpc) is 2.77. The molecular weight excluding hydrogens is 467 g/mol. The summed E-state index contributed by atoms with van der Waals surface area (Å²) in [6.07, 6.45) is -0.371. The largest absolute Gasteiger partial charge is 0.508 e. The number of benzene rings is 3. The van der Waals surface area contributed by atoms with Crippen LogP contribution in [0.4, 0.5) is 0 Å². The van der Waals surface area contributed by atoms with E-state index in [0.717, 1.165) is 10.4 Å². The fourth-order valence-electron chi connectivity index (χ4n) is 4.43. The van der Waals surface area contributed by atoms with Gasteiger partial charge in [-0.3, -0.25) is 4.57 Å². The maximum Gasteiger partial charge on any atom is 0.336 e. The number of aromatic hydroxyl groups is 1. The second kappa shape index (κ2) is 9.00. The number of rotatable bonds is 6. The first-order valence-corrected chi connectivity index (χ1v) is 14.6. The molecule has 4 aromatic rings. The number of hydrogen-bond donors (Lipinski definition) is 2. The summed E-state index contributed by atoms with van der Waals surface area (Å²) in [4.78, 5) is 23.4. The van der Waals surface area contributed by atoms with Crippen molar-refractivity contribution in [2.75, 3.05) is 0 Å². The minimum Gasteiger partial charge on any atom is -0.508 e. The van der Waals surface area contributed by atoms with E-state index in [1.54, 1.807) is 6.07 Å². The highest BCUT2D eigenvalue weighted by atomic mass is 31.2. The van der Waals surface area contributed by atoms with Gasteiger partial charge >= 0.3 is 13.2 Å². The Labute approximate surface area is 199 Å². The van der Waals surface area contributed by atoms with Gasteiger partial charge in [0.1, 0.15) is 11.3 Å². The minimum absolute atomic E-state index is 0.0662. The molecule has 1 heterocycles. The lowest BCUT2D eigenvalue weighted by Gasteiger charge is -2.43. The summed E-state index contributed by atoms with van der Waals surface area (Å²) in [6.45, 7) is 6.07. The molecule has 0 spiro atoms. The molecule has 34 heavy (non-hydrogen) atoms. The van der Waals surface area contributed by atoms with Crippen LogP contribution in [-0.4, -0.2) is 18.3 Å². The predicted molar refractivity (Wildman–Crippen MR) is 136 cm³/mol. The SMILES string of the molecule is CC(C)(C)[Si](OP(=O)(O)Cc1cc(=O)oc2cc(O)ccc12)(c1ccccc1)c1ccccc1. The van der Waals surface area contributed by atoms with Crippen LogP contribution < -0.4 is 16.0 Å². The molecule has 3 aromatic carbocycles. The first-order valence-electron chi connectivity index (χ1n) is 10.9. The molecule has 0 radical (unpaired) electrons. The van der Waals surface area contributed by atoms with Crippen molar-refractivity contribution in [3.8, 4) is 5.75 Å². The average molecular weight is 495 g/mol. The van der Waals surface area contributed by atoms with Crippen molar-refractivity contribution in [2.45, 2.75) is 32.0 Å². The maximum atomic E-state index is 13.8. The molecule has 0 saturated heterocycles. The molecule has 4 rings (SSSR count). The summed E-state index contributed by atoms with van der Waals surface area (Å²) in [5.41, 5.74) is -0.193. The van der Waals surface area contributed by atoms with Crippen LogP contribution in [-0.2, 0) is 14.9 Å². The third-order valence-corrected chi connectivity index (χ3v) is 13.3. The fourth-order valence-corrected chi connectivity index (χ4v) is 12.4. The van der Waals surface area contributed by atoms with Crippen LogP contribution in [0.5, 0.6) is 5.75 Å². The van der Waals surface area contributed by atoms with Gasteiger partial charge in [0.05, 0.1) is 6.16 Å². The first-order chi connectivity index (χ1) is 16.0. The van der Waals surface area contributed by atoms with Gasteiger partial charge in [-0.2, -0.15) is 0 Å². The highest BCUT2D eigenvalue weighted by molar-refractivity contribution is 7.54. The van der Waals surface area contributed by atoms with E-state index in [9.17, 15) is 19.4 Å². The maximum absolute atomic E-state index is 13.8. The van der Waals surface area contributed by atoms with E-state index in [-0.39, 0.29) is 17.5 Å². The molecule has 0 aliphatic heterocycles. The number of phenolic OH excluding ortho intramolecular Hbond substituents is 1. The molecule has 6 nitrogen and oxygen atoms in total. The van der Waals surface area contributed by atoms with Crippen molar-refractivity contribution in [1.29, 1.82) is 0 Å². The Morgan fingerprint density at radius 3 is 2.00 bits per heavy atom. The molecule has 0 saturated carbocycles. The monoisotopic (exact) mass is 494 g/mol. The Morgan fingerprint density at radius 2 is 1.47 bits per heavy atom. The Balaban J connectivity index is 1.86. The second-order valence-corrected chi connectivity index (χ2v) is 15.7. The van der Waals surface area contributed by atoms with Crippen LogP contribution in [0.15, 0.2) is 94.1 Å². The quantitative estimate of drug-likeness (QED) is 0.228. The molecule has 0 amide bonds. The van der Waals surface area contributed by atoms with Gasteiger partial charge < -0.3 is 18.6 Å². The van der Waals surface area contributed by atoms with Gasteiger partial charge in [-0.05, 0) is 33.1 Å². The van der Waals surface area contributed by atoms with E-state index in [1.807, 2.05) is 81.4 Å². The lowest BCUT2D eigenvalue weighted by atomic mass is 10.1. The van der Waals surface area contributed by atoms with Crippen molar-refractivity contribution in [3.05, 3.63) is 101 Å². The summed E-state index contributed by atoms with van der Waals surface area (Å²) in [7, 11) is -7.56. The lowest BCUT2D eigenvalue weighted by molar-refractivity contribution is 0.368. The number of hydrogen-bond acceptors (Lipinski definition) is 5. The molecule has 176 valence electrons. The van der Waals surface area contributed by atoms with Crippen molar-refractivity contribution < 1.29 is 23.2 Å². The molecule has 1 atom stereocenters. The standard InChI is InChI=1S/C26H27O6PSi/c1-26(2,3)34(21-10-6-4-7-11-21,22-12-8-5-9-13-22)32-33(29,30)18-19-16-25(28)31-24-17-20(27)14-15-23(19)24/h4-17,27H,18H2,1-3H3,(H,29,30). The van der Waals surface area contributed by atoms with E-state index in [2.05, 4.69) is 0 Å². The normalized spacial score (nSPS) is 14.1. The van der Waals surface area contributed by atoms with Gasteiger partial charge in [0.15, 0.2) is 0 Å². The van der Waals surface area contributed by atoms with Crippen molar-refractivity contribution in [2.24, 2.45) is 0 Å². The zero-order valence-corrected chi connectivity index (χ0v) is 21.2. The number of phenols is 1. The third kappa shape index (κ3) is 4.65.